The summed E-state index contributed by atoms with van der Waals surface area (Å²) in [5, 5.41) is 5.15. The molecule has 1 aromatic heterocycles. The Kier molecular flexibility index (Phi) is 7.64. The number of benzene rings is 1. The summed E-state index contributed by atoms with van der Waals surface area (Å²) in [6.45, 7) is 2.96. The number of ether oxygens (including phenoxy) is 3. The zero-order valence-electron chi connectivity index (χ0n) is 16.7. The van der Waals surface area contributed by atoms with Crippen molar-refractivity contribution in [3.63, 3.8) is 0 Å². The highest BCUT2D eigenvalue weighted by atomic mass is 16.5. The van der Waals surface area contributed by atoms with Gasteiger partial charge in [0.25, 0.3) is 11.8 Å². The highest BCUT2D eigenvalue weighted by Crippen LogP contribution is 2.28. The fraction of sp³-hybridized carbons (Fsp3) is 0.350. The molecule has 156 valence electrons. The predicted molar refractivity (Wildman–Crippen MR) is 104 cm³/mol. The van der Waals surface area contributed by atoms with Gasteiger partial charge in [0.15, 0.2) is 12.4 Å². The molecule has 0 aliphatic rings. The second-order valence-corrected chi connectivity index (χ2v) is 6.39. The second-order valence-electron chi connectivity index (χ2n) is 6.39. The third-order valence-electron chi connectivity index (χ3n) is 3.98. The van der Waals surface area contributed by atoms with Gasteiger partial charge in [-0.1, -0.05) is 13.8 Å². The van der Waals surface area contributed by atoms with E-state index in [1.807, 2.05) is 0 Å². The first-order valence-electron chi connectivity index (χ1n) is 8.88. The monoisotopic (exact) mass is 404 g/mol. The van der Waals surface area contributed by atoms with Gasteiger partial charge in [0, 0.05) is 6.07 Å². The number of methoxy groups -OCH3 is 2. The highest BCUT2D eigenvalue weighted by molar-refractivity contribution is 5.96. The van der Waals surface area contributed by atoms with Gasteiger partial charge in [0.1, 0.15) is 17.5 Å². The molecule has 2 N–H and O–H groups in total. The number of nitrogens with one attached hydrogen (secondary N) is 2. The van der Waals surface area contributed by atoms with E-state index in [0.717, 1.165) is 0 Å². The van der Waals surface area contributed by atoms with Crippen molar-refractivity contribution in [3.05, 3.63) is 42.4 Å². The molecule has 0 aliphatic carbocycles. The van der Waals surface area contributed by atoms with E-state index in [4.69, 9.17) is 18.6 Å². The Bertz CT molecular complexity index is 847. The zero-order valence-corrected chi connectivity index (χ0v) is 16.7. The van der Waals surface area contributed by atoms with E-state index in [1.165, 1.54) is 26.5 Å². The summed E-state index contributed by atoms with van der Waals surface area (Å²) >= 11 is 0. The Morgan fingerprint density at radius 1 is 1.10 bits per heavy atom. The van der Waals surface area contributed by atoms with Crippen molar-refractivity contribution >= 4 is 23.5 Å². The molecule has 0 radical (unpaired) electrons. The molecule has 0 aliphatic heterocycles. The van der Waals surface area contributed by atoms with Crippen molar-refractivity contribution in [1.29, 1.82) is 0 Å². The molecule has 1 atom stereocenters. The topological polar surface area (TPSA) is 116 Å². The van der Waals surface area contributed by atoms with Crippen LogP contribution in [0.1, 0.15) is 24.4 Å². The Balaban J connectivity index is 1.95. The third-order valence-corrected chi connectivity index (χ3v) is 3.98. The third kappa shape index (κ3) is 6.00. The Hall–Kier alpha value is -3.49. The van der Waals surface area contributed by atoms with Crippen LogP contribution in [0.4, 0.5) is 5.69 Å². The minimum atomic E-state index is -0.938. The number of esters is 1. The van der Waals surface area contributed by atoms with Gasteiger partial charge in [0.05, 0.1) is 26.2 Å². The van der Waals surface area contributed by atoms with E-state index in [9.17, 15) is 14.4 Å². The molecular formula is C20H24N2O7. The average molecular weight is 404 g/mol. The summed E-state index contributed by atoms with van der Waals surface area (Å²) in [7, 11) is 2.96. The lowest BCUT2D eigenvalue weighted by Crippen LogP contribution is -2.45. The molecule has 0 fully saturated rings. The summed E-state index contributed by atoms with van der Waals surface area (Å²) in [6, 6.07) is 7.01. The van der Waals surface area contributed by atoms with Crippen molar-refractivity contribution in [3.8, 4) is 11.5 Å². The number of amides is 2. The molecule has 0 spiro atoms. The second kappa shape index (κ2) is 10.2. The molecule has 29 heavy (non-hydrogen) atoms. The minimum Gasteiger partial charge on any atom is -0.497 e. The van der Waals surface area contributed by atoms with Gasteiger partial charge in [-0.15, -0.1) is 0 Å². The summed E-state index contributed by atoms with van der Waals surface area (Å²) in [5.41, 5.74) is 0.374. The summed E-state index contributed by atoms with van der Waals surface area (Å²) < 4.78 is 20.4. The van der Waals surface area contributed by atoms with Crippen LogP contribution in [0, 0.1) is 5.92 Å². The van der Waals surface area contributed by atoms with E-state index in [-0.39, 0.29) is 11.7 Å². The van der Waals surface area contributed by atoms with Crippen molar-refractivity contribution in [2.24, 2.45) is 5.92 Å². The number of carbonyl (C=O) groups excluding carboxylic acids is 3. The highest BCUT2D eigenvalue weighted by Gasteiger charge is 2.27. The normalized spacial score (nSPS) is 11.5. The van der Waals surface area contributed by atoms with Crippen LogP contribution < -0.4 is 20.1 Å². The molecule has 2 rings (SSSR count). The first-order chi connectivity index (χ1) is 13.8. The molecular weight excluding hydrogens is 380 g/mol. The van der Waals surface area contributed by atoms with Crippen molar-refractivity contribution in [2.75, 3.05) is 26.1 Å². The first-order valence-corrected chi connectivity index (χ1v) is 8.88. The molecule has 2 aromatic rings. The molecule has 0 saturated carbocycles. The van der Waals surface area contributed by atoms with Crippen LogP contribution in [-0.2, 0) is 14.3 Å². The molecule has 0 bridgehead atoms. The Morgan fingerprint density at radius 3 is 2.45 bits per heavy atom. The number of carbonyl (C=O) groups is 3. The van der Waals surface area contributed by atoms with E-state index < -0.39 is 30.4 Å². The van der Waals surface area contributed by atoms with Gasteiger partial charge in [-0.2, -0.15) is 0 Å². The van der Waals surface area contributed by atoms with Crippen LogP contribution in [0.25, 0.3) is 0 Å². The van der Waals surface area contributed by atoms with E-state index in [1.54, 1.807) is 38.1 Å². The van der Waals surface area contributed by atoms with Crippen LogP contribution in [0.5, 0.6) is 11.5 Å². The molecule has 9 nitrogen and oxygen atoms in total. The molecule has 1 unspecified atom stereocenters. The van der Waals surface area contributed by atoms with E-state index in [2.05, 4.69) is 10.6 Å². The largest absolute Gasteiger partial charge is 0.497 e. The van der Waals surface area contributed by atoms with Crippen LogP contribution in [-0.4, -0.2) is 44.7 Å². The summed E-state index contributed by atoms with van der Waals surface area (Å²) in [4.78, 5) is 36.7. The van der Waals surface area contributed by atoms with Crippen molar-refractivity contribution in [2.45, 2.75) is 19.9 Å². The first kappa shape index (κ1) is 21.8. The van der Waals surface area contributed by atoms with Crippen LogP contribution >= 0.6 is 0 Å². The van der Waals surface area contributed by atoms with Gasteiger partial charge < -0.3 is 29.3 Å². The fourth-order valence-electron chi connectivity index (χ4n) is 2.44. The SMILES string of the molecule is COc1ccc(OC)c(NC(=O)COC(=O)C(NC(=O)c2ccco2)C(C)C)c1. The van der Waals surface area contributed by atoms with Gasteiger partial charge in [-0.05, 0) is 30.2 Å². The maximum absolute atomic E-state index is 12.4. The predicted octanol–water partition coefficient (Wildman–Crippen LogP) is 2.23. The molecule has 1 aromatic carbocycles. The Labute approximate surface area is 168 Å². The van der Waals surface area contributed by atoms with Crippen LogP contribution in [0.3, 0.4) is 0 Å². The number of hydrogen-bond donors (Lipinski definition) is 2. The maximum Gasteiger partial charge on any atom is 0.329 e. The number of rotatable bonds is 9. The van der Waals surface area contributed by atoms with Crippen molar-refractivity contribution < 1.29 is 33.0 Å². The summed E-state index contributed by atoms with van der Waals surface area (Å²) in [6.07, 6.45) is 1.36. The maximum atomic E-state index is 12.4. The Morgan fingerprint density at radius 2 is 1.86 bits per heavy atom. The summed E-state index contributed by atoms with van der Waals surface area (Å²) in [5.74, 6) is -1.07. The molecule has 2 amide bonds. The minimum absolute atomic E-state index is 0.0753. The number of hydrogen-bond acceptors (Lipinski definition) is 7. The molecule has 9 heteroatoms. The number of anilines is 1. The van der Waals surface area contributed by atoms with E-state index in [0.29, 0.717) is 17.2 Å². The number of furan rings is 1. The zero-order chi connectivity index (χ0) is 21.4. The fourth-order valence-corrected chi connectivity index (χ4v) is 2.44. The standard InChI is InChI=1S/C20H24N2O7/c1-12(2)18(22-19(24)16-6-5-9-28-16)20(25)29-11-17(23)21-14-10-13(26-3)7-8-15(14)27-4/h5-10,12,18H,11H2,1-4H3,(H,21,23)(H,22,24). The average Bonchev–Trinajstić information content (AvgIpc) is 3.24. The van der Waals surface area contributed by atoms with Gasteiger partial charge >= 0.3 is 5.97 Å². The van der Waals surface area contributed by atoms with Gasteiger partial charge in [-0.3, -0.25) is 9.59 Å². The van der Waals surface area contributed by atoms with E-state index >= 15 is 0 Å². The lowest BCUT2D eigenvalue weighted by Gasteiger charge is -2.20. The quantitative estimate of drug-likeness (QED) is 0.616. The smallest absolute Gasteiger partial charge is 0.329 e. The lowest BCUT2D eigenvalue weighted by atomic mass is 10.0. The molecule has 1 heterocycles. The molecule has 0 saturated heterocycles. The lowest BCUT2D eigenvalue weighted by molar-refractivity contribution is -0.150. The van der Waals surface area contributed by atoms with Crippen LogP contribution in [0.15, 0.2) is 41.0 Å². The van der Waals surface area contributed by atoms with Gasteiger partial charge in [-0.25, -0.2) is 4.79 Å². The van der Waals surface area contributed by atoms with Crippen molar-refractivity contribution in [1.82, 2.24) is 5.32 Å². The van der Waals surface area contributed by atoms with Gasteiger partial charge in [0.2, 0.25) is 0 Å². The van der Waals surface area contributed by atoms with Crippen LogP contribution in [0.2, 0.25) is 0 Å².